The molecule has 1 aromatic heterocycles. The molecule has 5 nitrogen and oxygen atoms in total. The highest BCUT2D eigenvalue weighted by molar-refractivity contribution is 7.07. The van der Waals surface area contributed by atoms with Gasteiger partial charge < -0.3 is 19.3 Å². The van der Waals surface area contributed by atoms with Gasteiger partial charge in [0.25, 0.3) is 0 Å². The predicted octanol–water partition coefficient (Wildman–Crippen LogP) is 3.19. The molecule has 134 valence electrons. The second-order valence-electron chi connectivity index (χ2n) is 6.57. The predicted molar refractivity (Wildman–Crippen MR) is 96.1 cm³/mol. The van der Waals surface area contributed by atoms with Gasteiger partial charge in [-0.1, -0.05) is 6.07 Å². The fourth-order valence-electron chi connectivity index (χ4n) is 3.55. The van der Waals surface area contributed by atoms with Crippen LogP contribution in [0.25, 0.3) is 0 Å². The quantitative estimate of drug-likeness (QED) is 0.821. The number of likely N-dealkylation sites (tertiary alicyclic amines) is 1. The van der Waals surface area contributed by atoms with Gasteiger partial charge >= 0.3 is 0 Å². The Morgan fingerprint density at radius 1 is 1.28 bits per heavy atom. The molecule has 1 N–H and O–H groups in total. The van der Waals surface area contributed by atoms with E-state index in [0.717, 1.165) is 23.6 Å². The van der Waals surface area contributed by atoms with Crippen molar-refractivity contribution >= 4 is 11.3 Å². The van der Waals surface area contributed by atoms with Gasteiger partial charge in [-0.2, -0.15) is 11.3 Å². The normalized spacial score (nSPS) is 20.9. The van der Waals surface area contributed by atoms with Crippen molar-refractivity contribution < 1.29 is 19.3 Å². The van der Waals surface area contributed by atoms with Gasteiger partial charge in [0.1, 0.15) is 0 Å². The fourth-order valence-corrected chi connectivity index (χ4v) is 4.26. The number of benzene rings is 1. The topological polar surface area (TPSA) is 51.2 Å². The highest BCUT2D eigenvalue weighted by Gasteiger charge is 2.27. The summed E-state index contributed by atoms with van der Waals surface area (Å²) in [5.41, 5.74) is 2.39. The molecule has 25 heavy (non-hydrogen) atoms. The Hall–Kier alpha value is -1.60. The highest BCUT2D eigenvalue weighted by Crippen LogP contribution is 2.33. The summed E-state index contributed by atoms with van der Waals surface area (Å²) in [6.45, 7) is 2.77. The summed E-state index contributed by atoms with van der Waals surface area (Å²) >= 11 is 1.73. The number of thiophene rings is 1. The van der Waals surface area contributed by atoms with Crippen molar-refractivity contribution in [2.45, 2.75) is 31.6 Å². The molecule has 0 radical (unpaired) electrons. The van der Waals surface area contributed by atoms with E-state index in [1.165, 1.54) is 18.4 Å². The third-order valence-electron chi connectivity index (χ3n) is 4.75. The van der Waals surface area contributed by atoms with Crippen LogP contribution < -0.4 is 9.47 Å². The molecule has 0 aliphatic carbocycles. The molecule has 6 heteroatoms. The average molecular weight is 361 g/mol. The Morgan fingerprint density at radius 2 is 2.20 bits per heavy atom. The molecule has 2 aliphatic heterocycles. The van der Waals surface area contributed by atoms with Gasteiger partial charge in [0, 0.05) is 12.6 Å². The summed E-state index contributed by atoms with van der Waals surface area (Å²) < 4.78 is 16.4. The summed E-state index contributed by atoms with van der Waals surface area (Å²) in [4.78, 5) is 2.37. The van der Waals surface area contributed by atoms with Gasteiger partial charge in [0.05, 0.1) is 19.3 Å². The van der Waals surface area contributed by atoms with Crippen molar-refractivity contribution in [2.24, 2.45) is 0 Å². The molecule has 1 aromatic carbocycles. The molecule has 2 aromatic rings. The number of rotatable bonds is 7. The largest absolute Gasteiger partial charge is 0.454 e. The zero-order valence-corrected chi connectivity index (χ0v) is 14.9. The number of hydrogen-bond acceptors (Lipinski definition) is 6. The Balaban J connectivity index is 1.24. The molecule has 0 bridgehead atoms. The molecule has 2 atom stereocenters. The first-order chi connectivity index (χ1) is 12.3. The van der Waals surface area contributed by atoms with E-state index in [-0.39, 0.29) is 6.79 Å². The minimum atomic E-state index is -0.478. The van der Waals surface area contributed by atoms with Crippen molar-refractivity contribution in [3.63, 3.8) is 0 Å². The number of nitrogens with zero attached hydrogens (tertiary/aromatic N) is 1. The van der Waals surface area contributed by atoms with Gasteiger partial charge in [-0.3, -0.25) is 4.90 Å². The monoisotopic (exact) mass is 361 g/mol. The third kappa shape index (κ3) is 3.98. The van der Waals surface area contributed by atoms with E-state index in [2.05, 4.69) is 21.7 Å². The summed E-state index contributed by atoms with van der Waals surface area (Å²) in [5.74, 6) is 1.54. The molecular formula is C19H23NO4S. The summed E-state index contributed by atoms with van der Waals surface area (Å²) in [7, 11) is 0. The van der Waals surface area contributed by atoms with Crippen LogP contribution in [0.1, 0.15) is 30.0 Å². The lowest BCUT2D eigenvalue weighted by Crippen LogP contribution is -2.34. The molecule has 2 aliphatic rings. The second kappa shape index (κ2) is 7.74. The van der Waals surface area contributed by atoms with Crippen molar-refractivity contribution in [2.75, 3.05) is 26.5 Å². The number of β-amino-alcohol motifs (C(OH)–C–C–N with tert-alkyl or cyclic N) is 1. The van der Waals surface area contributed by atoms with Crippen LogP contribution in [0.3, 0.4) is 0 Å². The second-order valence-corrected chi connectivity index (χ2v) is 7.35. The van der Waals surface area contributed by atoms with E-state index in [0.29, 0.717) is 25.8 Å². The van der Waals surface area contributed by atoms with Crippen LogP contribution in [0.4, 0.5) is 0 Å². The zero-order chi connectivity index (χ0) is 17.1. The maximum atomic E-state index is 10.3. The van der Waals surface area contributed by atoms with Gasteiger partial charge in [-0.05, 0) is 59.5 Å². The molecule has 4 rings (SSSR count). The smallest absolute Gasteiger partial charge is 0.231 e. The number of ether oxygens (including phenoxy) is 3. The summed E-state index contributed by atoms with van der Waals surface area (Å²) in [5, 5.41) is 14.7. The van der Waals surface area contributed by atoms with Crippen LogP contribution in [0.5, 0.6) is 11.5 Å². The fraction of sp³-hybridized carbons (Fsp3) is 0.474. The van der Waals surface area contributed by atoms with Crippen LogP contribution in [-0.4, -0.2) is 42.6 Å². The van der Waals surface area contributed by atoms with Crippen LogP contribution in [0.2, 0.25) is 0 Å². The maximum absolute atomic E-state index is 10.3. The molecule has 2 unspecified atom stereocenters. The zero-order valence-electron chi connectivity index (χ0n) is 14.1. The Labute approximate surface area is 151 Å². The van der Waals surface area contributed by atoms with E-state index >= 15 is 0 Å². The molecule has 0 amide bonds. The van der Waals surface area contributed by atoms with Crippen molar-refractivity contribution in [3.05, 3.63) is 46.2 Å². The summed E-state index contributed by atoms with van der Waals surface area (Å²) in [6, 6.07) is 8.42. The number of fused-ring (bicyclic) bond motifs is 1. The van der Waals surface area contributed by atoms with Crippen LogP contribution in [0.15, 0.2) is 35.0 Å². The van der Waals surface area contributed by atoms with Gasteiger partial charge in [-0.25, -0.2) is 0 Å². The standard InChI is InChI=1S/C19H23NO4S/c21-16(9-20-6-1-2-17(20)15-5-7-25-12-15)11-22-10-14-3-4-18-19(8-14)24-13-23-18/h3-5,7-8,12,16-17,21H,1-2,6,9-11,13H2. The van der Waals surface area contributed by atoms with Gasteiger partial charge in [0.2, 0.25) is 6.79 Å². The first-order valence-electron chi connectivity index (χ1n) is 8.70. The van der Waals surface area contributed by atoms with Crippen LogP contribution >= 0.6 is 11.3 Å². The molecule has 1 fully saturated rings. The van der Waals surface area contributed by atoms with Crippen molar-refractivity contribution in [1.82, 2.24) is 4.90 Å². The first kappa shape index (κ1) is 16.8. The van der Waals surface area contributed by atoms with E-state index in [1.54, 1.807) is 11.3 Å². The van der Waals surface area contributed by atoms with Crippen molar-refractivity contribution in [3.8, 4) is 11.5 Å². The third-order valence-corrected chi connectivity index (χ3v) is 5.45. The van der Waals surface area contributed by atoms with Crippen LogP contribution in [-0.2, 0) is 11.3 Å². The minimum Gasteiger partial charge on any atom is -0.454 e. The van der Waals surface area contributed by atoms with Gasteiger partial charge in [-0.15, -0.1) is 0 Å². The maximum Gasteiger partial charge on any atom is 0.231 e. The Bertz CT molecular complexity index is 691. The van der Waals surface area contributed by atoms with E-state index in [1.807, 2.05) is 18.2 Å². The Morgan fingerprint density at radius 3 is 3.08 bits per heavy atom. The SMILES string of the molecule is OC(COCc1ccc2c(c1)OCO2)CN1CCCC1c1ccsc1. The number of hydrogen-bond donors (Lipinski definition) is 1. The highest BCUT2D eigenvalue weighted by atomic mass is 32.1. The molecule has 3 heterocycles. The van der Waals surface area contributed by atoms with Crippen LogP contribution in [0, 0.1) is 0 Å². The lowest BCUT2D eigenvalue weighted by Gasteiger charge is -2.26. The molecular weight excluding hydrogens is 338 g/mol. The lowest BCUT2D eigenvalue weighted by atomic mass is 10.1. The molecule has 1 saturated heterocycles. The van der Waals surface area contributed by atoms with E-state index in [4.69, 9.17) is 14.2 Å². The number of aliphatic hydroxyl groups is 1. The molecule has 0 saturated carbocycles. The van der Waals surface area contributed by atoms with Gasteiger partial charge in [0.15, 0.2) is 11.5 Å². The molecule has 0 spiro atoms. The summed E-state index contributed by atoms with van der Waals surface area (Å²) in [6.07, 6.45) is 1.88. The minimum absolute atomic E-state index is 0.277. The Kier molecular flexibility index (Phi) is 5.22. The van der Waals surface area contributed by atoms with Crippen molar-refractivity contribution in [1.29, 1.82) is 0 Å². The van der Waals surface area contributed by atoms with E-state index < -0.39 is 6.10 Å². The lowest BCUT2D eigenvalue weighted by molar-refractivity contribution is 0.00771. The van der Waals surface area contributed by atoms with E-state index in [9.17, 15) is 5.11 Å². The first-order valence-corrected chi connectivity index (χ1v) is 9.64. The number of aliphatic hydroxyl groups excluding tert-OH is 1. The average Bonchev–Trinajstić information content (AvgIpc) is 3.35.